The molecule has 2 heterocycles. The molecule has 7 nitrogen and oxygen atoms in total. The van der Waals surface area contributed by atoms with Crippen LogP contribution in [-0.4, -0.2) is 69.6 Å². The molecule has 0 saturated carbocycles. The van der Waals surface area contributed by atoms with E-state index < -0.39 is 0 Å². The van der Waals surface area contributed by atoms with Crippen LogP contribution in [0.4, 0.5) is 0 Å². The summed E-state index contributed by atoms with van der Waals surface area (Å²) in [7, 11) is 1.81. The Morgan fingerprint density at radius 3 is 2.38 bits per heavy atom. The van der Waals surface area contributed by atoms with E-state index in [2.05, 4.69) is 60.4 Å². The summed E-state index contributed by atoms with van der Waals surface area (Å²) in [5.74, 6) is 2.45. The molecule has 0 atom stereocenters. The molecule has 1 saturated heterocycles. The SMILES string of the molecule is CN=C(NCC(C)(C)c1ccc2c(c1)OCO2)NCC(C)(C)N1CCOCC1.I. The molecule has 164 valence electrons. The van der Waals surface area contributed by atoms with Gasteiger partial charge in [0.1, 0.15) is 0 Å². The highest BCUT2D eigenvalue weighted by Crippen LogP contribution is 2.36. The monoisotopic (exact) mass is 518 g/mol. The van der Waals surface area contributed by atoms with E-state index >= 15 is 0 Å². The second-order valence-electron chi connectivity index (χ2n) is 8.64. The third-order valence-corrected chi connectivity index (χ3v) is 5.63. The topological polar surface area (TPSA) is 67.4 Å². The number of guanidine groups is 1. The Balaban J connectivity index is 0.00000300. The van der Waals surface area contributed by atoms with Gasteiger partial charge in [-0.3, -0.25) is 9.89 Å². The van der Waals surface area contributed by atoms with Gasteiger partial charge in [-0.05, 0) is 31.5 Å². The number of hydrogen-bond donors (Lipinski definition) is 2. The van der Waals surface area contributed by atoms with E-state index in [0.717, 1.165) is 56.9 Å². The lowest BCUT2D eigenvalue weighted by molar-refractivity contribution is -0.00834. The van der Waals surface area contributed by atoms with Crippen molar-refractivity contribution in [2.45, 2.75) is 38.6 Å². The molecule has 2 aliphatic rings. The molecule has 0 radical (unpaired) electrons. The number of morpholine rings is 1. The molecule has 0 bridgehead atoms. The maximum absolute atomic E-state index is 5.52. The summed E-state index contributed by atoms with van der Waals surface area (Å²) in [6.07, 6.45) is 0. The van der Waals surface area contributed by atoms with E-state index in [0.29, 0.717) is 6.79 Å². The van der Waals surface area contributed by atoms with Gasteiger partial charge in [-0.1, -0.05) is 19.9 Å². The quantitative estimate of drug-likeness (QED) is 0.343. The third-order valence-electron chi connectivity index (χ3n) is 5.63. The Bertz CT molecular complexity index is 703. The Morgan fingerprint density at radius 2 is 1.69 bits per heavy atom. The summed E-state index contributed by atoms with van der Waals surface area (Å²) in [6.45, 7) is 14.4. The first kappa shape index (κ1) is 24.0. The zero-order valence-corrected chi connectivity index (χ0v) is 20.5. The number of hydrogen-bond acceptors (Lipinski definition) is 5. The first-order chi connectivity index (χ1) is 13.3. The Labute approximate surface area is 191 Å². The van der Waals surface area contributed by atoms with Crippen LogP contribution in [0.2, 0.25) is 0 Å². The van der Waals surface area contributed by atoms with E-state index in [4.69, 9.17) is 14.2 Å². The number of aliphatic imine (C=N–C) groups is 1. The van der Waals surface area contributed by atoms with E-state index in [1.165, 1.54) is 5.56 Å². The van der Waals surface area contributed by atoms with Crippen molar-refractivity contribution in [1.29, 1.82) is 0 Å². The van der Waals surface area contributed by atoms with Crippen LogP contribution < -0.4 is 20.1 Å². The average Bonchev–Trinajstić information content (AvgIpc) is 3.16. The summed E-state index contributed by atoms with van der Waals surface area (Å²) in [5.41, 5.74) is 1.15. The van der Waals surface area contributed by atoms with Gasteiger partial charge in [0.25, 0.3) is 0 Å². The van der Waals surface area contributed by atoms with Crippen molar-refractivity contribution in [2.75, 3.05) is 53.2 Å². The van der Waals surface area contributed by atoms with Crippen LogP contribution in [0.3, 0.4) is 0 Å². The van der Waals surface area contributed by atoms with Crippen LogP contribution >= 0.6 is 24.0 Å². The minimum Gasteiger partial charge on any atom is -0.454 e. The number of fused-ring (bicyclic) bond motifs is 1. The highest BCUT2D eigenvalue weighted by molar-refractivity contribution is 14.0. The van der Waals surface area contributed by atoms with Crippen LogP contribution in [-0.2, 0) is 10.2 Å². The predicted octanol–water partition coefficient (Wildman–Crippen LogP) is 2.59. The lowest BCUT2D eigenvalue weighted by Crippen LogP contribution is -2.57. The highest BCUT2D eigenvalue weighted by Gasteiger charge is 2.29. The second-order valence-corrected chi connectivity index (χ2v) is 8.64. The molecule has 1 aromatic rings. The fraction of sp³-hybridized carbons (Fsp3) is 0.667. The molecule has 1 aromatic carbocycles. The van der Waals surface area contributed by atoms with Crippen molar-refractivity contribution >= 4 is 29.9 Å². The lowest BCUT2D eigenvalue weighted by atomic mass is 9.84. The van der Waals surface area contributed by atoms with Crippen molar-refractivity contribution in [2.24, 2.45) is 4.99 Å². The molecular weight excluding hydrogens is 483 g/mol. The van der Waals surface area contributed by atoms with Crippen molar-refractivity contribution in [3.63, 3.8) is 0 Å². The summed E-state index contributed by atoms with van der Waals surface area (Å²) in [6, 6.07) is 6.16. The minimum absolute atomic E-state index is 0. The zero-order valence-electron chi connectivity index (χ0n) is 18.2. The minimum atomic E-state index is -0.0850. The van der Waals surface area contributed by atoms with Crippen LogP contribution in [0.5, 0.6) is 11.5 Å². The Morgan fingerprint density at radius 1 is 1.03 bits per heavy atom. The molecule has 8 heteroatoms. The molecule has 0 unspecified atom stereocenters. The molecule has 0 amide bonds. The maximum Gasteiger partial charge on any atom is 0.231 e. The van der Waals surface area contributed by atoms with Gasteiger partial charge < -0.3 is 24.8 Å². The van der Waals surface area contributed by atoms with Gasteiger partial charge in [0.2, 0.25) is 6.79 Å². The maximum atomic E-state index is 5.52. The fourth-order valence-corrected chi connectivity index (χ4v) is 3.53. The zero-order chi connectivity index (χ0) is 20.2. The number of halogens is 1. The third kappa shape index (κ3) is 6.11. The molecule has 2 N–H and O–H groups in total. The van der Waals surface area contributed by atoms with Gasteiger partial charge in [0.05, 0.1) is 13.2 Å². The molecule has 0 aromatic heterocycles. The lowest BCUT2D eigenvalue weighted by Gasteiger charge is -2.41. The van der Waals surface area contributed by atoms with Crippen molar-refractivity contribution < 1.29 is 14.2 Å². The van der Waals surface area contributed by atoms with E-state index in [-0.39, 0.29) is 34.9 Å². The number of nitrogens with one attached hydrogen (secondary N) is 2. The summed E-state index contributed by atoms with van der Waals surface area (Å²) in [4.78, 5) is 6.86. The number of nitrogens with zero attached hydrogens (tertiary/aromatic N) is 2. The van der Waals surface area contributed by atoms with Crippen molar-refractivity contribution in [3.05, 3.63) is 23.8 Å². The molecule has 0 spiro atoms. The number of rotatable bonds is 6. The van der Waals surface area contributed by atoms with Gasteiger partial charge in [-0.25, -0.2) is 0 Å². The van der Waals surface area contributed by atoms with Crippen LogP contribution in [0.15, 0.2) is 23.2 Å². The van der Waals surface area contributed by atoms with Gasteiger partial charge in [-0.15, -0.1) is 24.0 Å². The molecule has 1 fully saturated rings. The van der Waals surface area contributed by atoms with Crippen molar-refractivity contribution in [3.8, 4) is 11.5 Å². The summed E-state index contributed by atoms with van der Waals surface area (Å²) >= 11 is 0. The van der Waals surface area contributed by atoms with Crippen molar-refractivity contribution in [1.82, 2.24) is 15.5 Å². The molecular formula is C21H35IN4O3. The largest absolute Gasteiger partial charge is 0.454 e. The number of ether oxygens (including phenoxy) is 3. The first-order valence-corrected chi connectivity index (χ1v) is 9.99. The van der Waals surface area contributed by atoms with Crippen LogP contribution in [0, 0.1) is 0 Å². The molecule has 2 aliphatic heterocycles. The van der Waals surface area contributed by atoms with Crippen LogP contribution in [0.25, 0.3) is 0 Å². The number of benzene rings is 1. The Kier molecular flexibility index (Phi) is 8.42. The second kappa shape index (κ2) is 10.2. The fourth-order valence-electron chi connectivity index (χ4n) is 3.53. The predicted molar refractivity (Wildman–Crippen MR) is 127 cm³/mol. The first-order valence-electron chi connectivity index (χ1n) is 9.99. The smallest absolute Gasteiger partial charge is 0.231 e. The molecule has 29 heavy (non-hydrogen) atoms. The Hall–Kier alpha value is -1.26. The summed E-state index contributed by atoms with van der Waals surface area (Å²) < 4.78 is 16.4. The molecule has 3 rings (SSSR count). The van der Waals surface area contributed by atoms with E-state index in [9.17, 15) is 0 Å². The molecule has 0 aliphatic carbocycles. The van der Waals surface area contributed by atoms with Gasteiger partial charge in [-0.2, -0.15) is 0 Å². The van der Waals surface area contributed by atoms with Gasteiger partial charge in [0, 0.05) is 44.2 Å². The van der Waals surface area contributed by atoms with Crippen LogP contribution in [0.1, 0.15) is 33.3 Å². The summed E-state index contributed by atoms with van der Waals surface area (Å²) in [5, 5.41) is 6.96. The van der Waals surface area contributed by atoms with E-state index in [1.807, 2.05) is 13.1 Å². The average molecular weight is 518 g/mol. The highest BCUT2D eigenvalue weighted by atomic mass is 127. The van der Waals surface area contributed by atoms with E-state index in [1.54, 1.807) is 0 Å². The van der Waals surface area contributed by atoms with Gasteiger partial charge in [0.15, 0.2) is 17.5 Å². The standard InChI is InChI=1S/C21H34N4O3.HI/c1-20(2,16-6-7-17-18(12-16)28-15-27-17)13-23-19(22-5)24-14-21(3,4)25-8-10-26-11-9-25;/h6-7,12H,8-11,13-15H2,1-5H3,(H2,22,23,24);1H. The van der Waals surface area contributed by atoms with Gasteiger partial charge >= 0.3 is 0 Å². The normalized spacial score (nSPS) is 17.6.